The van der Waals surface area contributed by atoms with Gasteiger partial charge in [0.25, 0.3) is 0 Å². The van der Waals surface area contributed by atoms with Gasteiger partial charge in [0.2, 0.25) is 6.41 Å². The lowest BCUT2D eigenvalue weighted by Crippen LogP contribution is -2.46. The number of sulfone groups is 1. The van der Waals surface area contributed by atoms with Gasteiger partial charge in [0.15, 0.2) is 0 Å². The van der Waals surface area contributed by atoms with E-state index in [1.165, 1.54) is 6.26 Å². The molecule has 5 heteroatoms. The van der Waals surface area contributed by atoms with Crippen LogP contribution in [0.1, 0.15) is 12.8 Å². The quantitative estimate of drug-likeness (QED) is 0.580. The minimum Gasteiger partial charge on any atom is -0.356 e. The highest BCUT2D eigenvalue weighted by atomic mass is 32.2. The lowest BCUT2D eigenvalue weighted by atomic mass is 9.93. The fraction of sp³-hybridized carbons (Fsp3) is 0.833. The van der Waals surface area contributed by atoms with Crippen LogP contribution in [0.15, 0.2) is 0 Å². The van der Waals surface area contributed by atoms with Crippen molar-refractivity contribution in [3.63, 3.8) is 0 Å². The lowest BCUT2D eigenvalue weighted by molar-refractivity contribution is -0.110. The van der Waals surface area contributed by atoms with E-state index in [2.05, 4.69) is 5.32 Å². The molecule has 0 radical (unpaired) electrons. The second-order valence-corrected chi connectivity index (χ2v) is 5.23. The fourth-order valence-electron chi connectivity index (χ4n) is 1.15. The minimum atomic E-state index is -2.87. The van der Waals surface area contributed by atoms with Gasteiger partial charge in [0, 0.05) is 12.3 Å². The van der Waals surface area contributed by atoms with Crippen LogP contribution in [0.4, 0.5) is 0 Å². The van der Waals surface area contributed by atoms with E-state index in [0.29, 0.717) is 19.3 Å². The smallest absolute Gasteiger partial charge is 0.207 e. The van der Waals surface area contributed by atoms with Crippen LogP contribution in [0.2, 0.25) is 0 Å². The maximum atomic E-state index is 10.8. The summed E-state index contributed by atoms with van der Waals surface area (Å²) >= 11 is 0. The molecule has 0 heterocycles. The normalized spacial score (nSPS) is 30.6. The zero-order valence-corrected chi connectivity index (χ0v) is 7.10. The van der Waals surface area contributed by atoms with Gasteiger partial charge in [-0.15, -0.1) is 0 Å². The molecule has 64 valence electrons. The van der Waals surface area contributed by atoms with Gasteiger partial charge in [-0.25, -0.2) is 8.42 Å². The summed E-state index contributed by atoms with van der Waals surface area (Å²) in [5.41, 5.74) is 0. The molecule has 1 rings (SSSR count). The standard InChI is InChI=1S/C6H11NO3S/c1-11(9,10)6-2-5(3-6)7-4-8/h4-6H,2-3H2,1H3,(H,7,8). The molecule has 0 aromatic heterocycles. The zero-order valence-electron chi connectivity index (χ0n) is 6.28. The summed E-state index contributed by atoms with van der Waals surface area (Å²) in [5.74, 6) is 0. The number of hydrogen-bond acceptors (Lipinski definition) is 3. The predicted molar refractivity (Wildman–Crippen MR) is 40.9 cm³/mol. The van der Waals surface area contributed by atoms with Gasteiger partial charge in [0.1, 0.15) is 9.84 Å². The molecule has 0 bridgehead atoms. The first-order chi connectivity index (χ1) is 5.04. The van der Waals surface area contributed by atoms with E-state index >= 15 is 0 Å². The highest BCUT2D eigenvalue weighted by Crippen LogP contribution is 2.25. The Labute approximate surface area is 65.9 Å². The van der Waals surface area contributed by atoms with Gasteiger partial charge in [-0.3, -0.25) is 4.79 Å². The Morgan fingerprint density at radius 2 is 2.00 bits per heavy atom. The van der Waals surface area contributed by atoms with Crippen LogP contribution in [0.25, 0.3) is 0 Å². The van der Waals surface area contributed by atoms with Crippen LogP contribution in [0.3, 0.4) is 0 Å². The number of amides is 1. The van der Waals surface area contributed by atoms with E-state index in [1.807, 2.05) is 0 Å². The molecule has 0 saturated heterocycles. The maximum absolute atomic E-state index is 10.8. The first-order valence-electron chi connectivity index (χ1n) is 3.42. The Morgan fingerprint density at radius 3 is 2.36 bits per heavy atom. The maximum Gasteiger partial charge on any atom is 0.207 e. The van der Waals surface area contributed by atoms with Crippen molar-refractivity contribution in [3.8, 4) is 0 Å². The van der Waals surface area contributed by atoms with E-state index in [9.17, 15) is 13.2 Å². The van der Waals surface area contributed by atoms with Crippen molar-refractivity contribution in [2.75, 3.05) is 6.26 Å². The average molecular weight is 177 g/mol. The Balaban J connectivity index is 2.35. The van der Waals surface area contributed by atoms with Crippen LogP contribution in [-0.4, -0.2) is 32.4 Å². The number of rotatable bonds is 3. The summed E-state index contributed by atoms with van der Waals surface area (Å²) in [6.07, 6.45) is 2.98. The van der Waals surface area contributed by atoms with Gasteiger partial charge >= 0.3 is 0 Å². The molecule has 1 fully saturated rings. The third-order valence-corrected chi connectivity index (χ3v) is 3.60. The summed E-state index contributed by atoms with van der Waals surface area (Å²) in [6.45, 7) is 0. The third-order valence-electron chi connectivity index (χ3n) is 2.00. The number of carbonyl (C=O) groups excluding carboxylic acids is 1. The van der Waals surface area contributed by atoms with Crippen molar-refractivity contribution in [1.29, 1.82) is 0 Å². The molecule has 0 atom stereocenters. The van der Waals surface area contributed by atoms with E-state index in [-0.39, 0.29) is 11.3 Å². The molecule has 0 spiro atoms. The Hall–Kier alpha value is -0.580. The number of hydrogen-bond donors (Lipinski definition) is 1. The molecule has 1 aliphatic rings. The summed E-state index contributed by atoms with van der Waals surface area (Å²) in [4.78, 5) is 9.90. The highest BCUT2D eigenvalue weighted by molar-refractivity contribution is 7.91. The molecule has 1 aliphatic carbocycles. The van der Waals surface area contributed by atoms with Crippen molar-refractivity contribution < 1.29 is 13.2 Å². The van der Waals surface area contributed by atoms with Gasteiger partial charge < -0.3 is 5.32 Å². The van der Waals surface area contributed by atoms with E-state index in [0.717, 1.165) is 0 Å². The monoisotopic (exact) mass is 177 g/mol. The molecule has 1 amide bonds. The van der Waals surface area contributed by atoms with Crippen molar-refractivity contribution >= 4 is 16.2 Å². The number of nitrogens with one attached hydrogen (secondary N) is 1. The lowest BCUT2D eigenvalue weighted by Gasteiger charge is -2.33. The van der Waals surface area contributed by atoms with E-state index < -0.39 is 9.84 Å². The molecule has 4 nitrogen and oxygen atoms in total. The second-order valence-electron chi connectivity index (χ2n) is 2.90. The van der Waals surface area contributed by atoms with Gasteiger partial charge in [-0.05, 0) is 12.8 Å². The summed E-state index contributed by atoms with van der Waals surface area (Å²) in [6, 6.07) is 0.0761. The molecule has 1 saturated carbocycles. The Morgan fingerprint density at radius 1 is 1.45 bits per heavy atom. The molecule has 0 aromatic carbocycles. The summed E-state index contributed by atoms with van der Waals surface area (Å²) in [5, 5.41) is 2.30. The minimum absolute atomic E-state index is 0.0761. The Bertz CT molecular complexity index is 241. The average Bonchev–Trinajstić information content (AvgIpc) is 1.74. The summed E-state index contributed by atoms with van der Waals surface area (Å²) < 4.78 is 21.7. The van der Waals surface area contributed by atoms with Gasteiger partial charge in [-0.2, -0.15) is 0 Å². The second kappa shape index (κ2) is 2.81. The van der Waals surface area contributed by atoms with Crippen molar-refractivity contribution in [2.45, 2.75) is 24.1 Å². The van der Waals surface area contributed by atoms with Crippen LogP contribution >= 0.6 is 0 Å². The van der Waals surface area contributed by atoms with E-state index in [1.54, 1.807) is 0 Å². The summed E-state index contributed by atoms with van der Waals surface area (Å²) in [7, 11) is -2.87. The van der Waals surface area contributed by atoms with Crippen molar-refractivity contribution in [3.05, 3.63) is 0 Å². The first kappa shape index (κ1) is 8.52. The topological polar surface area (TPSA) is 63.2 Å². The molecular weight excluding hydrogens is 166 g/mol. The highest BCUT2D eigenvalue weighted by Gasteiger charge is 2.35. The van der Waals surface area contributed by atoms with Crippen LogP contribution in [-0.2, 0) is 14.6 Å². The zero-order chi connectivity index (χ0) is 8.48. The fourth-order valence-corrected chi connectivity index (χ4v) is 2.31. The molecule has 1 N–H and O–H groups in total. The first-order valence-corrected chi connectivity index (χ1v) is 5.38. The van der Waals surface area contributed by atoms with Crippen LogP contribution < -0.4 is 5.32 Å². The van der Waals surface area contributed by atoms with E-state index in [4.69, 9.17) is 0 Å². The van der Waals surface area contributed by atoms with Crippen LogP contribution in [0, 0.1) is 0 Å². The Kier molecular flexibility index (Phi) is 2.17. The predicted octanol–water partition coefficient (Wildman–Crippen LogP) is -0.692. The largest absolute Gasteiger partial charge is 0.356 e. The SMILES string of the molecule is CS(=O)(=O)C1CC(NC=O)C1. The van der Waals surface area contributed by atoms with Crippen molar-refractivity contribution in [2.24, 2.45) is 0 Å². The van der Waals surface area contributed by atoms with Gasteiger partial charge in [0.05, 0.1) is 5.25 Å². The van der Waals surface area contributed by atoms with Gasteiger partial charge in [-0.1, -0.05) is 0 Å². The van der Waals surface area contributed by atoms with Crippen LogP contribution in [0.5, 0.6) is 0 Å². The molecular formula is C6H11NO3S. The molecule has 0 aliphatic heterocycles. The van der Waals surface area contributed by atoms with Crippen molar-refractivity contribution in [1.82, 2.24) is 5.32 Å². The third kappa shape index (κ3) is 1.92. The molecule has 0 aromatic rings. The molecule has 11 heavy (non-hydrogen) atoms. The number of carbonyl (C=O) groups is 1. The molecule has 0 unspecified atom stereocenters.